The van der Waals surface area contributed by atoms with Crippen molar-refractivity contribution in [2.24, 2.45) is 5.92 Å². The van der Waals surface area contributed by atoms with E-state index < -0.39 is 24.5 Å². The molecule has 1 heterocycles. The average Bonchev–Trinajstić information content (AvgIpc) is 2.83. The van der Waals surface area contributed by atoms with Crippen LogP contribution in [0.2, 0.25) is 0 Å². The normalized spacial score (nSPS) is 12.5. The molecule has 0 aliphatic heterocycles. The molecular formula is C29H40F3NO2. The summed E-state index contributed by atoms with van der Waals surface area (Å²) >= 11 is 0. The van der Waals surface area contributed by atoms with E-state index in [2.05, 4.69) is 18.0 Å². The number of rotatable bonds is 16. The van der Waals surface area contributed by atoms with Gasteiger partial charge < -0.3 is 4.74 Å². The summed E-state index contributed by atoms with van der Waals surface area (Å²) in [5.41, 5.74) is 2.88. The summed E-state index contributed by atoms with van der Waals surface area (Å²) in [6, 6.07) is 10.8. The minimum Gasteiger partial charge on any atom is -0.427 e. The second kappa shape index (κ2) is 15.6. The first-order valence-electron chi connectivity index (χ1n) is 13.2. The largest absolute Gasteiger partial charge is 0.427 e. The van der Waals surface area contributed by atoms with Crippen molar-refractivity contribution in [3.05, 3.63) is 48.2 Å². The summed E-state index contributed by atoms with van der Waals surface area (Å²) in [4.78, 5) is 16.7. The van der Waals surface area contributed by atoms with E-state index in [1.54, 1.807) is 24.3 Å². The molecule has 194 valence electrons. The summed E-state index contributed by atoms with van der Waals surface area (Å²) in [6.07, 6.45) is 8.44. The summed E-state index contributed by atoms with van der Waals surface area (Å²) in [5.74, 6) is -2.27. The van der Waals surface area contributed by atoms with Gasteiger partial charge in [0, 0.05) is 11.8 Å². The Morgan fingerprint density at radius 3 is 2.09 bits per heavy atom. The lowest BCUT2D eigenvalue weighted by molar-refractivity contribution is -0.183. The molecule has 2 rings (SSSR count). The Morgan fingerprint density at radius 1 is 0.857 bits per heavy atom. The predicted molar refractivity (Wildman–Crippen MR) is 135 cm³/mol. The Labute approximate surface area is 208 Å². The van der Waals surface area contributed by atoms with Crippen molar-refractivity contribution in [3.8, 4) is 17.0 Å². The molecule has 35 heavy (non-hydrogen) atoms. The van der Waals surface area contributed by atoms with E-state index in [-0.39, 0.29) is 12.2 Å². The summed E-state index contributed by atoms with van der Waals surface area (Å²) in [7, 11) is 0. The molecule has 0 saturated heterocycles. The fourth-order valence-corrected chi connectivity index (χ4v) is 4.12. The van der Waals surface area contributed by atoms with Crippen LogP contribution < -0.4 is 4.74 Å². The Balaban J connectivity index is 1.84. The highest BCUT2D eigenvalue weighted by molar-refractivity contribution is 5.73. The van der Waals surface area contributed by atoms with Crippen LogP contribution in [0.25, 0.3) is 11.3 Å². The van der Waals surface area contributed by atoms with Gasteiger partial charge in [-0.25, -0.2) is 0 Å². The number of alkyl halides is 3. The number of unbranched alkanes of at least 4 members (excludes halogenated alkanes) is 8. The first kappa shape index (κ1) is 28.9. The maximum Gasteiger partial charge on any atom is 0.392 e. The highest BCUT2D eigenvalue weighted by Gasteiger charge is 2.40. The quantitative estimate of drug-likeness (QED) is 0.133. The van der Waals surface area contributed by atoms with E-state index in [1.807, 2.05) is 19.2 Å². The molecule has 0 N–H and O–H groups in total. The number of benzene rings is 1. The van der Waals surface area contributed by atoms with Crippen LogP contribution in [0.5, 0.6) is 5.75 Å². The molecule has 0 aliphatic carbocycles. The van der Waals surface area contributed by atoms with Gasteiger partial charge in [-0.05, 0) is 55.2 Å². The fourth-order valence-electron chi connectivity index (χ4n) is 4.12. The van der Waals surface area contributed by atoms with E-state index >= 15 is 0 Å². The summed E-state index contributed by atoms with van der Waals surface area (Å²) < 4.78 is 45.1. The number of aromatic nitrogens is 1. The lowest BCUT2D eigenvalue weighted by Crippen LogP contribution is -2.27. The Bertz CT molecular complexity index is 848. The number of carbonyl (C=O) groups excluding carboxylic acids is 1. The van der Waals surface area contributed by atoms with E-state index in [0.29, 0.717) is 6.42 Å². The average molecular weight is 492 g/mol. The molecule has 1 unspecified atom stereocenters. The van der Waals surface area contributed by atoms with E-state index in [0.717, 1.165) is 36.9 Å². The third-order valence-electron chi connectivity index (χ3n) is 6.31. The summed E-state index contributed by atoms with van der Waals surface area (Å²) in [5, 5.41) is 0. The number of hydrogen-bond acceptors (Lipinski definition) is 3. The van der Waals surface area contributed by atoms with Crippen LogP contribution in [0.3, 0.4) is 0 Å². The van der Waals surface area contributed by atoms with Crippen LogP contribution in [-0.4, -0.2) is 17.1 Å². The molecule has 6 heteroatoms. The molecule has 1 aromatic heterocycles. The van der Waals surface area contributed by atoms with E-state index in [9.17, 15) is 18.0 Å². The minimum atomic E-state index is -4.40. The van der Waals surface area contributed by atoms with Gasteiger partial charge in [-0.3, -0.25) is 9.78 Å². The second-order valence-electron chi connectivity index (χ2n) is 9.36. The lowest BCUT2D eigenvalue weighted by Gasteiger charge is -2.19. The van der Waals surface area contributed by atoms with Crippen LogP contribution in [0, 0.1) is 5.92 Å². The Hall–Kier alpha value is -2.37. The highest BCUT2D eigenvalue weighted by atomic mass is 19.4. The van der Waals surface area contributed by atoms with Crippen molar-refractivity contribution in [2.45, 2.75) is 103 Å². The third kappa shape index (κ3) is 11.3. The number of carbonyl (C=O) groups is 1. The van der Waals surface area contributed by atoms with Gasteiger partial charge in [-0.1, -0.05) is 77.7 Å². The number of esters is 1. The molecule has 0 saturated carbocycles. The molecule has 0 amide bonds. The number of nitrogens with zero attached hydrogens (tertiary/aromatic N) is 1. The zero-order valence-corrected chi connectivity index (χ0v) is 21.2. The SMILES string of the molecule is CCCCCCCCc1ccc(-c2ccc(OC(=O)CC(CCCCCC)C(F)(F)F)cc2)nc1. The molecule has 3 nitrogen and oxygen atoms in total. The van der Waals surface area contributed by atoms with Crippen LogP contribution in [0.15, 0.2) is 42.6 Å². The molecule has 0 aliphatic rings. The first-order valence-corrected chi connectivity index (χ1v) is 13.2. The maximum absolute atomic E-state index is 13.3. The van der Waals surface area contributed by atoms with Crippen LogP contribution in [0.1, 0.15) is 96.5 Å². The highest BCUT2D eigenvalue weighted by Crippen LogP contribution is 2.33. The molecule has 1 aromatic carbocycles. The second-order valence-corrected chi connectivity index (χ2v) is 9.36. The zero-order valence-electron chi connectivity index (χ0n) is 21.2. The number of halogens is 3. The minimum absolute atomic E-state index is 0.0436. The fraction of sp³-hybridized carbons (Fsp3) is 0.586. The zero-order chi connectivity index (χ0) is 25.5. The van der Waals surface area contributed by atoms with Crippen molar-refractivity contribution in [2.75, 3.05) is 0 Å². The van der Waals surface area contributed by atoms with E-state index in [1.165, 1.54) is 44.1 Å². The topological polar surface area (TPSA) is 39.2 Å². The van der Waals surface area contributed by atoms with Gasteiger partial charge in [0.1, 0.15) is 5.75 Å². The van der Waals surface area contributed by atoms with Crippen molar-refractivity contribution in [1.82, 2.24) is 4.98 Å². The maximum atomic E-state index is 13.3. The van der Waals surface area contributed by atoms with Gasteiger partial charge in [0.15, 0.2) is 0 Å². The summed E-state index contributed by atoms with van der Waals surface area (Å²) in [6.45, 7) is 4.23. The van der Waals surface area contributed by atoms with Crippen LogP contribution >= 0.6 is 0 Å². The Kier molecular flexibility index (Phi) is 12.9. The monoisotopic (exact) mass is 491 g/mol. The van der Waals surface area contributed by atoms with Crippen LogP contribution in [0.4, 0.5) is 13.2 Å². The number of ether oxygens (including phenoxy) is 1. The molecule has 0 radical (unpaired) electrons. The number of aryl methyl sites for hydroxylation is 1. The van der Waals surface area contributed by atoms with Gasteiger partial charge in [0.25, 0.3) is 0 Å². The van der Waals surface area contributed by atoms with Crippen molar-refractivity contribution >= 4 is 5.97 Å². The number of hydrogen-bond donors (Lipinski definition) is 0. The molecule has 0 fully saturated rings. The van der Waals surface area contributed by atoms with Gasteiger partial charge in [0.2, 0.25) is 0 Å². The molecule has 1 atom stereocenters. The molecule has 0 spiro atoms. The third-order valence-corrected chi connectivity index (χ3v) is 6.31. The van der Waals surface area contributed by atoms with Crippen molar-refractivity contribution in [3.63, 3.8) is 0 Å². The first-order chi connectivity index (χ1) is 16.8. The Morgan fingerprint density at radius 2 is 1.49 bits per heavy atom. The van der Waals surface area contributed by atoms with Crippen LogP contribution in [-0.2, 0) is 11.2 Å². The predicted octanol–water partition coefficient (Wildman–Crippen LogP) is 9.10. The molecule has 2 aromatic rings. The standard InChI is InChI=1S/C29H40F3NO2/c1-3-5-7-9-10-11-13-23-15-20-27(33-22-23)24-16-18-26(19-17-24)35-28(34)21-25(29(30,31)32)14-12-8-6-4-2/h15-20,22,25H,3-14,21H2,1-2H3. The lowest BCUT2D eigenvalue weighted by atomic mass is 9.97. The molecule has 0 bridgehead atoms. The van der Waals surface area contributed by atoms with Gasteiger partial charge in [0.05, 0.1) is 18.0 Å². The van der Waals surface area contributed by atoms with Gasteiger partial charge >= 0.3 is 12.1 Å². The molecular weight excluding hydrogens is 451 g/mol. The van der Waals surface area contributed by atoms with Gasteiger partial charge in [-0.15, -0.1) is 0 Å². The van der Waals surface area contributed by atoms with Crippen molar-refractivity contribution < 1.29 is 22.7 Å². The number of pyridine rings is 1. The van der Waals surface area contributed by atoms with Crippen molar-refractivity contribution in [1.29, 1.82) is 0 Å². The smallest absolute Gasteiger partial charge is 0.392 e. The van der Waals surface area contributed by atoms with Gasteiger partial charge in [-0.2, -0.15) is 13.2 Å². The van der Waals surface area contributed by atoms with E-state index in [4.69, 9.17) is 4.74 Å².